The number of benzene rings is 2. The number of fused-ring (bicyclic) bond motifs is 1. The normalized spacial score (nSPS) is 29.4. The summed E-state index contributed by atoms with van der Waals surface area (Å²) in [6.45, 7) is 5.41. The van der Waals surface area contributed by atoms with Gasteiger partial charge in [0.2, 0.25) is 17.5 Å². The fraction of sp³-hybridized carbons (Fsp3) is 0.486. The maximum atomic E-state index is 14.4. The number of aliphatic hydroxyl groups is 5. The van der Waals surface area contributed by atoms with E-state index in [0.29, 0.717) is 5.75 Å². The molecule has 0 spiro atoms. The van der Waals surface area contributed by atoms with Crippen LogP contribution in [0.1, 0.15) is 33.3 Å². The third kappa shape index (κ3) is 7.68. The number of phenolic OH excluding ortho intramolecular Hbond substituents is 2. The number of carbonyl (C=O) groups is 1. The highest BCUT2D eigenvalue weighted by atomic mass is 16.8. The number of esters is 1. The lowest BCUT2D eigenvalue weighted by molar-refractivity contribution is -0.356. The molecule has 0 aliphatic carbocycles. The van der Waals surface area contributed by atoms with Gasteiger partial charge in [-0.25, -0.2) is 0 Å². The molecular formula is C35H42O16. The number of methoxy groups -OCH3 is 1. The topological polar surface area (TPSA) is 244 Å². The summed E-state index contributed by atoms with van der Waals surface area (Å²) in [4.78, 5) is 26.6. The highest BCUT2D eigenvalue weighted by Gasteiger charge is 2.52. The number of hydrogen-bond acceptors (Lipinski definition) is 16. The second-order valence-corrected chi connectivity index (χ2v) is 12.6. The third-order valence-corrected chi connectivity index (χ3v) is 8.68. The number of aromatic hydroxyl groups is 2. The zero-order valence-corrected chi connectivity index (χ0v) is 28.5. The number of rotatable bonds is 10. The first-order valence-electron chi connectivity index (χ1n) is 16.1. The Hall–Kier alpha value is -4.26. The van der Waals surface area contributed by atoms with Crippen LogP contribution in [-0.4, -0.2) is 117 Å². The Kier molecular flexibility index (Phi) is 11.6. The van der Waals surface area contributed by atoms with Crippen molar-refractivity contribution in [3.05, 3.63) is 57.8 Å². The van der Waals surface area contributed by atoms with Crippen LogP contribution in [0.25, 0.3) is 22.3 Å². The van der Waals surface area contributed by atoms with Crippen LogP contribution < -0.4 is 14.9 Å². The van der Waals surface area contributed by atoms with Crippen LogP contribution in [0.4, 0.5) is 0 Å². The minimum atomic E-state index is -1.91. The summed E-state index contributed by atoms with van der Waals surface area (Å²) in [5.74, 6) is -2.04. The Labute approximate surface area is 291 Å². The number of carbonyl (C=O) groups excluding carboxylic acids is 1. The lowest BCUT2D eigenvalue weighted by Gasteiger charge is -2.46. The van der Waals surface area contributed by atoms with Crippen molar-refractivity contribution < 1.29 is 73.4 Å². The summed E-state index contributed by atoms with van der Waals surface area (Å²) >= 11 is 0. The molecule has 2 fully saturated rings. The van der Waals surface area contributed by atoms with Crippen LogP contribution in [0, 0.1) is 0 Å². The summed E-state index contributed by atoms with van der Waals surface area (Å²) in [7, 11) is 1.46. The lowest BCUT2D eigenvalue weighted by Crippen LogP contribution is -2.65. The van der Waals surface area contributed by atoms with Crippen LogP contribution in [-0.2, 0) is 30.2 Å². The molecule has 2 saturated heterocycles. The van der Waals surface area contributed by atoms with Gasteiger partial charge in [0.1, 0.15) is 58.7 Å². The molecule has 51 heavy (non-hydrogen) atoms. The molecule has 16 nitrogen and oxygen atoms in total. The molecule has 10 atom stereocenters. The second kappa shape index (κ2) is 15.5. The molecule has 3 aromatic rings. The monoisotopic (exact) mass is 718 g/mol. The van der Waals surface area contributed by atoms with Crippen molar-refractivity contribution >= 4 is 16.9 Å². The van der Waals surface area contributed by atoms with Crippen molar-refractivity contribution in [1.29, 1.82) is 0 Å². The molecule has 1 aromatic heterocycles. The zero-order valence-electron chi connectivity index (χ0n) is 28.5. The van der Waals surface area contributed by atoms with Crippen molar-refractivity contribution in [1.82, 2.24) is 0 Å². The van der Waals surface area contributed by atoms with E-state index in [1.807, 2.05) is 13.8 Å². The molecule has 0 radical (unpaired) electrons. The van der Waals surface area contributed by atoms with Crippen molar-refractivity contribution in [2.45, 2.75) is 95.5 Å². The number of allylic oxidation sites excluding steroid dienone is 2. The van der Waals surface area contributed by atoms with Gasteiger partial charge in [-0.2, -0.15) is 0 Å². The van der Waals surface area contributed by atoms with Gasteiger partial charge >= 0.3 is 5.97 Å². The molecule has 7 N–H and O–H groups in total. The first-order chi connectivity index (χ1) is 24.2. The number of phenols is 2. The molecule has 2 aromatic carbocycles. The smallest absolute Gasteiger partial charge is 0.303 e. The predicted octanol–water partition coefficient (Wildman–Crippen LogP) is 0.990. The lowest BCUT2D eigenvalue weighted by atomic mass is 9.97. The van der Waals surface area contributed by atoms with Crippen molar-refractivity contribution in [2.75, 3.05) is 13.7 Å². The van der Waals surface area contributed by atoms with E-state index in [2.05, 4.69) is 0 Å². The largest absolute Gasteiger partial charge is 0.507 e. The number of aliphatic hydroxyl groups excluding tert-OH is 5. The van der Waals surface area contributed by atoms with E-state index in [1.54, 1.807) is 30.3 Å². The fourth-order valence-electron chi connectivity index (χ4n) is 5.91. The molecule has 0 saturated carbocycles. The Morgan fingerprint density at radius 3 is 2.20 bits per heavy atom. The SMILES string of the molecule is COc1ccc(-c2oc3c(CC=C(C)C)c(O)cc(O)c3c(=O)c2OC2OC(C)C(O)C(OC(C)=O)C2OC2OC(CO)C(O)C(O)C2O)cc1. The molecule has 3 heterocycles. The molecular weight excluding hydrogens is 676 g/mol. The molecule has 5 rings (SSSR count). The molecule has 16 heteroatoms. The van der Waals surface area contributed by atoms with E-state index in [-0.39, 0.29) is 40.0 Å². The number of hydrogen-bond donors (Lipinski definition) is 7. The Balaban J connectivity index is 1.69. The Morgan fingerprint density at radius 2 is 1.59 bits per heavy atom. The van der Waals surface area contributed by atoms with Gasteiger partial charge in [0.15, 0.2) is 24.3 Å². The maximum absolute atomic E-state index is 14.4. The highest BCUT2D eigenvalue weighted by Crippen LogP contribution is 2.41. The van der Waals surface area contributed by atoms with Crippen LogP contribution >= 0.6 is 0 Å². The van der Waals surface area contributed by atoms with E-state index < -0.39 is 90.9 Å². The van der Waals surface area contributed by atoms with Crippen LogP contribution in [0.3, 0.4) is 0 Å². The Bertz CT molecular complexity index is 1800. The molecule has 0 amide bonds. The average Bonchev–Trinajstić information content (AvgIpc) is 3.08. The average molecular weight is 719 g/mol. The van der Waals surface area contributed by atoms with Crippen molar-refractivity contribution in [3.8, 4) is 34.3 Å². The van der Waals surface area contributed by atoms with E-state index in [4.69, 9.17) is 32.8 Å². The summed E-state index contributed by atoms with van der Waals surface area (Å²) in [5.41, 5.74) is 0.357. The van der Waals surface area contributed by atoms with E-state index >= 15 is 0 Å². The van der Waals surface area contributed by atoms with Gasteiger partial charge in [0.25, 0.3) is 0 Å². The van der Waals surface area contributed by atoms with Crippen LogP contribution in [0.5, 0.6) is 23.0 Å². The Morgan fingerprint density at radius 1 is 0.902 bits per heavy atom. The standard InChI is InChI=1S/C35H42O16/c1-14(2)6-11-19-20(38)12-21(39)23-26(42)32(29(49-30(19)23)17-7-9-18(45-5)10-8-17)50-35-33(31(47-16(4)37)24(40)15(3)46-35)51-34-28(44)27(43)25(41)22(13-36)48-34/h6-10,12,15,22,24-25,27-28,31,33-36,38-41,43-44H,11,13H2,1-5H3. The van der Waals surface area contributed by atoms with E-state index in [1.165, 1.54) is 14.0 Å². The van der Waals surface area contributed by atoms with Crippen LogP contribution in [0.15, 0.2) is 51.2 Å². The van der Waals surface area contributed by atoms with Gasteiger partial charge in [0.05, 0.1) is 19.8 Å². The van der Waals surface area contributed by atoms with Gasteiger partial charge in [-0.1, -0.05) is 11.6 Å². The molecule has 10 unspecified atom stereocenters. The molecule has 2 aliphatic heterocycles. The van der Waals surface area contributed by atoms with Gasteiger partial charge in [-0.15, -0.1) is 0 Å². The van der Waals surface area contributed by atoms with Gasteiger partial charge in [0, 0.05) is 24.1 Å². The minimum Gasteiger partial charge on any atom is -0.507 e. The zero-order chi connectivity index (χ0) is 37.3. The second-order valence-electron chi connectivity index (χ2n) is 12.6. The van der Waals surface area contributed by atoms with Crippen LogP contribution in [0.2, 0.25) is 0 Å². The highest BCUT2D eigenvalue weighted by molar-refractivity contribution is 5.91. The first-order valence-corrected chi connectivity index (χ1v) is 16.1. The summed E-state index contributed by atoms with van der Waals surface area (Å²) in [6, 6.07) is 7.30. The van der Waals surface area contributed by atoms with Crippen molar-refractivity contribution in [2.24, 2.45) is 0 Å². The van der Waals surface area contributed by atoms with Crippen molar-refractivity contribution in [3.63, 3.8) is 0 Å². The van der Waals surface area contributed by atoms with Gasteiger partial charge < -0.3 is 68.6 Å². The minimum absolute atomic E-state index is 0.131. The van der Waals surface area contributed by atoms with E-state index in [9.17, 15) is 45.3 Å². The molecule has 278 valence electrons. The fourth-order valence-corrected chi connectivity index (χ4v) is 5.91. The summed E-state index contributed by atoms with van der Waals surface area (Å²) < 4.78 is 40.6. The summed E-state index contributed by atoms with van der Waals surface area (Å²) in [5, 5.41) is 73.6. The quantitative estimate of drug-likeness (QED) is 0.114. The predicted molar refractivity (Wildman–Crippen MR) is 176 cm³/mol. The van der Waals surface area contributed by atoms with E-state index in [0.717, 1.165) is 18.6 Å². The molecule has 2 aliphatic rings. The maximum Gasteiger partial charge on any atom is 0.303 e. The summed E-state index contributed by atoms with van der Waals surface area (Å²) in [6.07, 6.45) is -14.5. The van der Waals surface area contributed by atoms with Gasteiger partial charge in [-0.3, -0.25) is 9.59 Å². The van der Waals surface area contributed by atoms with Gasteiger partial charge in [-0.05, 0) is 51.5 Å². The molecule has 0 bridgehead atoms. The first kappa shape index (κ1) is 38.0. The third-order valence-electron chi connectivity index (χ3n) is 8.68. The number of ether oxygens (including phenoxy) is 6.